The van der Waals surface area contributed by atoms with Crippen LogP contribution in [0.3, 0.4) is 0 Å². The summed E-state index contributed by atoms with van der Waals surface area (Å²) in [6.07, 6.45) is 4.01. The standard InChI is InChI=1S/C12H19ClN2S/c1-9-5-3-4-6-15(9)10(2)12-14-11(7-13)8-16-12/h8-10H,3-7H2,1-2H3. The third-order valence-electron chi connectivity index (χ3n) is 3.42. The summed E-state index contributed by atoms with van der Waals surface area (Å²) in [6.45, 7) is 5.79. The molecule has 0 radical (unpaired) electrons. The number of hydrogen-bond acceptors (Lipinski definition) is 3. The predicted octanol–water partition coefficient (Wildman–Crippen LogP) is 3.82. The molecule has 0 spiro atoms. The molecule has 4 heteroatoms. The number of aromatic nitrogens is 1. The molecule has 1 aromatic rings. The van der Waals surface area contributed by atoms with Gasteiger partial charge in [-0.15, -0.1) is 22.9 Å². The fourth-order valence-corrected chi connectivity index (χ4v) is 3.54. The average molecular weight is 259 g/mol. The van der Waals surface area contributed by atoms with E-state index in [2.05, 4.69) is 29.1 Å². The van der Waals surface area contributed by atoms with E-state index >= 15 is 0 Å². The van der Waals surface area contributed by atoms with Gasteiger partial charge in [0, 0.05) is 11.4 Å². The van der Waals surface area contributed by atoms with Gasteiger partial charge in [-0.05, 0) is 33.2 Å². The van der Waals surface area contributed by atoms with Crippen LogP contribution in [0.25, 0.3) is 0 Å². The van der Waals surface area contributed by atoms with Crippen LogP contribution in [0.2, 0.25) is 0 Å². The topological polar surface area (TPSA) is 16.1 Å². The van der Waals surface area contributed by atoms with E-state index in [1.807, 2.05) is 0 Å². The molecular weight excluding hydrogens is 240 g/mol. The number of alkyl halides is 1. The molecule has 0 aromatic carbocycles. The number of hydrogen-bond donors (Lipinski definition) is 0. The molecule has 2 atom stereocenters. The Hall–Kier alpha value is -0.120. The normalized spacial score (nSPS) is 24.6. The molecule has 0 bridgehead atoms. The second-order valence-electron chi connectivity index (χ2n) is 4.57. The van der Waals surface area contributed by atoms with Crippen molar-refractivity contribution in [1.29, 1.82) is 0 Å². The molecule has 1 saturated heterocycles. The minimum atomic E-state index is 0.442. The van der Waals surface area contributed by atoms with Crippen LogP contribution in [0.1, 0.15) is 49.9 Å². The number of nitrogens with zero attached hydrogens (tertiary/aromatic N) is 2. The molecule has 90 valence electrons. The number of piperidine rings is 1. The van der Waals surface area contributed by atoms with Gasteiger partial charge in [0.15, 0.2) is 0 Å². The zero-order chi connectivity index (χ0) is 11.5. The third kappa shape index (κ3) is 2.58. The summed E-state index contributed by atoms with van der Waals surface area (Å²) in [4.78, 5) is 7.15. The minimum absolute atomic E-state index is 0.442. The lowest BCUT2D eigenvalue weighted by Crippen LogP contribution is -2.39. The summed E-state index contributed by atoms with van der Waals surface area (Å²) in [5.41, 5.74) is 1.01. The van der Waals surface area contributed by atoms with Crippen molar-refractivity contribution in [3.63, 3.8) is 0 Å². The fourth-order valence-electron chi connectivity index (χ4n) is 2.41. The van der Waals surface area contributed by atoms with Crippen LogP contribution < -0.4 is 0 Å². The highest BCUT2D eigenvalue weighted by Crippen LogP contribution is 2.30. The first-order valence-electron chi connectivity index (χ1n) is 5.98. The molecule has 2 nitrogen and oxygen atoms in total. The van der Waals surface area contributed by atoms with Gasteiger partial charge in [0.25, 0.3) is 0 Å². The van der Waals surface area contributed by atoms with Crippen molar-refractivity contribution in [1.82, 2.24) is 9.88 Å². The molecule has 1 fully saturated rings. The highest BCUT2D eigenvalue weighted by Gasteiger charge is 2.25. The molecule has 0 amide bonds. The van der Waals surface area contributed by atoms with E-state index in [9.17, 15) is 0 Å². The van der Waals surface area contributed by atoms with Gasteiger partial charge in [-0.3, -0.25) is 4.90 Å². The summed E-state index contributed by atoms with van der Waals surface area (Å²) in [5.74, 6) is 0.527. The van der Waals surface area contributed by atoms with Crippen molar-refractivity contribution in [2.45, 2.75) is 51.1 Å². The van der Waals surface area contributed by atoms with Crippen LogP contribution in [0.4, 0.5) is 0 Å². The Balaban J connectivity index is 2.07. The van der Waals surface area contributed by atoms with E-state index in [0.29, 0.717) is 18.0 Å². The van der Waals surface area contributed by atoms with Crippen LogP contribution in [0.15, 0.2) is 5.38 Å². The van der Waals surface area contributed by atoms with Gasteiger partial charge in [0.2, 0.25) is 0 Å². The summed E-state index contributed by atoms with van der Waals surface area (Å²) < 4.78 is 0. The van der Waals surface area contributed by atoms with Gasteiger partial charge in [-0.25, -0.2) is 4.98 Å². The summed E-state index contributed by atoms with van der Waals surface area (Å²) in [6, 6.07) is 1.13. The Bertz CT molecular complexity index is 340. The fraction of sp³-hybridized carbons (Fsp3) is 0.750. The van der Waals surface area contributed by atoms with Gasteiger partial charge in [-0.1, -0.05) is 6.42 Å². The first kappa shape index (κ1) is 12.3. The van der Waals surface area contributed by atoms with E-state index in [1.165, 1.54) is 30.8 Å². The monoisotopic (exact) mass is 258 g/mol. The zero-order valence-corrected chi connectivity index (χ0v) is 11.5. The molecule has 2 rings (SSSR count). The van der Waals surface area contributed by atoms with E-state index in [-0.39, 0.29) is 0 Å². The van der Waals surface area contributed by atoms with Crippen LogP contribution in [0, 0.1) is 0 Å². The lowest BCUT2D eigenvalue weighted by atomic mass is 10.0. The Morgan fingerprint density at radius 2 is 2.44 bits per heavy atom. The largest absolute Gasteiger partial charge is 0.292 e. The molecule has 0 aliphatic carbocycles. The first-order chi connectivity index (χ1) is 7.72. The average Bonchev–Trinajstić information content (AvgIpc) is 2.77. The minimum Gasteiger partial charge on any atom is -0.292 e. The van der Waals surface area contributed by atoms with E-state index in [4.69, 9.17) is 11.6 Å². The second kappa shape index (κ2) is 5.48. The lowest BCUT2D eigenvalue weighted by molar-refractivity contribution is 0.114. The Kier molecular flexibility index (Phi) is 4.22. The summed E-state index contributed by atoms with van der Waals surface area (Å²) in [7, 11) is 0. The molecule has 2 unspecified atom stereocenters. The molecule has 16 heavy (non-hydrogen) atoms. The summed E-state index contributed by atoms with van der Waals surface area (Å²) >= 11 is 7.53. The highest BCUT2D eigenvalue weighted by molar-refractivity contribution is 7.09. The van der Waals surface area contributed by atoms with Gasteiger partial charge >= 0.3 is 0 Å². The quantitative estimate of drug-likeness (QED) is 0.767. The maximum atomic E-state index is 5.79. The molecule has 2 heterocycles. The maximum Gasteiger partial charge on any atom is 0.110 e. The van der Waals surface area contributed by atoms with Crippen molar-refractivity contribution in [2.24, 2.45) is 0 Å². The van der Waals surface area contributed by atoms with Crippen molar-refractivity contribution in [2.75, 3.05) is 6.54 Å². The number of likely N-dealkylation sites (tertiary alicyclic amines) is 1. The molecule has 1 aliphatic rings. The first-order valence-corrected chi connectivity index (χ1v) is 7.39. The van der Waals surface area contributed by atoms with Gasteiger partial charge in [0.05, 0.1) is 17.6 Å². The number of halogens is 1. The van der Waals surface area contributed by atoms with Gasteiger partial charge in [-0.2, -0.15) is 0 Å². The maximum absolute atomic E-state index is 5.79. The van der Waals surface area contributed by atoms with Gasteiger partial charge < -0.3 is 0 Å². The van der Waals surface area contributed by atoms with Gasteiger partial charge in [0.1, 0.15) is 5.01 Å². The molecule has 0 saturated carbocycles. The van der Waals surface area contributed by atoms with Crippen LogP contribution in [0.5, 0.6) is 0 Å². The third-order valence-corrected chi connectivity index (χ3v) is 4.75. The molecular formula is C12H19ClN2S. The molecule has 1 aromatic heterocycles. The van der Waals surface area contributed by atoms with E-state index in [1.54, 1.807) is 11.3 Å². The van der Waals surface area contributed by atoms with E-state index < -0.39 is 0 Å². The molecule has 0 N–H and O–H groups in total. The van der Waals surface area contributed by atoms with Crippen molar-refractivity contribution >= 4 is 22.9 Å². The number of thiazole rings is 1. The lowest BCUT2D eigenvalue weighted by Gasteiger charge is -2.37. The SMILES string of the molecule is CC1CCCCN1C(C)c1nc(CCl)cs1. The van der Waals surface area contributed by atoms with Crippen molar-refractivity contribution in [3.05, 3.63) is 16.1 Å². The Labute approximate surface area is 107 Å². The zero-order valence-electron chi connectivity index (χ0n) is 9.95. The highest BCUT2D eigenvalue weighted by atomic mass is 35.5. The second-order valence-corrected chi connectivity index (χ2v) is 5.73. The Morgan fingerprint density at radius 1 is 1.62 bits per heavy atom. The molecule has 1 aliphatic heterocycles. The van der Waals surface area contributed by atoms with Crippen molar-refractivity contribution in [3.8, 4) is 0 Å². The van der Waals surface area contributed by atoms with Crippen LogP contribution >= 0.6 is 22.9 Å². The smallest absolute Gasteiger partial charge is 0.110 e. The van der Waals surface area contributed by atoms with E-state index in [0.717, 1.165) is 5.69 Å². The van der Waals surface area contributed by atoms with Crippen molar-refractivity contribution < 1.29 is 0 Å². The summed E-state index contributed by atoms with van der Waals surface area (Å²) in [5, 5.41) is 3.29. The van der Waals surface area contributed by atoms with Crippen LogP contribution in [-0.2, 0) is 5.88 Å². The number of rotatable bonds is 3. The predicted molar refractivity (Wildman–Crippen MR) is 70.1 cm³/mol. The Morgan fingerprint density at radius 3 is 3.06 bits per heavy atom. The van der Waals surface area contributed by atoms with Crippen LogP contribution in [-0.4, -0.2) is 22.5 Å².